The Morgan fingerprint density at radius 2 is 2.05 bits per heavy atom. The fourth-order valence-corrected chi connectivity index (χ4v) is 2.79. The molecule has 3 N–H and O–H groups in total. The van der Waals surface area contributed by atoms with E-state index in [1.165, 1.54) is 24.0 Å². The van der Waals surface area contributed by atoms with E-state index in [1.54, 1.807) is 0 Å². The molecule has 1 unspecified atom stereocenters. The van der Waals surface area contributed by atoms with E-state index in [1.807, 2.05) is 0 Å². The molecule has 2 aliphatic rings. The van der Waals surface area contributed by atoms with Crippen molar-refractivity contribution in [3.8, 4) is 0 Å². The molecule has 1 heterocycles. The summed E-state index contributed by atoms with van der Waals surface area (Å²) in [4.78, 5) is 13.2. The molecule has 102 valence electrons. The average molecular weight is 260 g/mol. The average Bonchev–Trinajstić information content (AvgIpc) is 3.15. The van der Waals surface area contributed by atoms with Gasteiger partial charge < -0.3 is 10.8 Å². The number of hydrogen-bond donors (Lipinski definition) is 2. The highest BCUT2D eigenvalue weighted by Gasteiger charge is 2.41. The third-order valence-corrected chi connectivity index (χ3v) is 4.24. The minimum absolute atomic E-state index is 0.437. The minimum Gasteiger partial charge on any atom is -0.480 e. The Morgan fingerprint density at radius 1 is 1.37 bits per heavy atom. The van der Waals surface area contributed by atoms with E-state index in [-0.39, 0.29) is 0 Å². The predicted molar refractivity (Wildman–Crippen MR) is 72.9 cm³/mol. The highest BCUT2D eigenvalue weighted by molar-refractivity contribution is 5.79. The lowest BCUT2D eigenvalue weighted by Crippen LogP contribution is -2.50. The number of carbonyl (C=O) groups is 1. The van der Waals surface area contributed by atoms with Gasteiger partial charge in [0.05, 0.1) is 0 Å². The molecule has 2 fully saturated rings. The Bertz CT molecular complexity index is 481. The topological polar surface area (TPSA) is 66.6 Å². The third-order valence-electron chi connectivity index (χ3n) is 4.24. The van der Waals surface area contributed by atoms with E-state index in [4.69, 9.17) is 10.8 Å². The second-order valence-electron chi connectivity index (χ2n) is 5.94. The molecule has 1 aromatic rings. The summed E-state index contributed by atoms with van der Waals surface area (Å²) in [7, 11) is 0. The van der Waals surface area contributed by atoms with Gasteiger partial charge in [0.2, 0.25) is 0 Å². The highest BCUT2D eigenvalue weighted by atomic mass is 16.4. The first-order valence-electron chi connectivity index (χ1n) is 6.90. The number of rotatable bonds is 4. The van der Waals surface area contributed by atoms with Gasteiger partial charge in [0.25, 0.3) is 0 Å². The number of nitrogens with two attached hydrogens (primary N) is 1. The number of nitrogens with zero attached hydrogens (tertiary/aromatic N) is 1. The molecule has 0 bridgehead atoms. The van der Waals surface area contributed by atoms with E-state index in [2.05, 4.69) is 29.2 Å². The van der Waals surface area contributed by atoms with Crippen LogP contribution in [0.2, 0.25) is 0 Å². The molecule has 3 rings (SSSR count). The molecule has 1 saturated carbocycles. The lowest BCUT2D eigenvalue weighted by molar-refractivity contribution is -0.142. The molecule has 19 heavy (non-hydrogen) atoms. The summed E-state index contributed by atoms with van der Waals surface area (Å²) >= 11 is 0. The maximum Gasteiger partial charge on any atom is 0.325 e. The Kier molecular flexibility index (Phi) is 3.07. The molecule has 1 aliphatic heterocycles. The van der Waals surface area contributed by atoms with E-state index < -0.39 is 11.5 Å². The summed E-state index contributed by atoms with van der Waals surface area (Å²) in [6.07, 6.45) is 3.17. The monoisotopic (exact) mass is 260 g/mol. The van der Waals surface area contributed by atoms with Gasteiger partial charge in [-0.2, -0.15) is 0 Å². The summed E-state index contributed by atoms with van der Waals surface area (Å²) in [6.45, 7) is 1.98. The van der Waals surface area contributed by atoms with Crippen molar-refractivity contribution in [2.24, 2.45) is 5.73 Å². The van der Waals surface area contributed by atoms with Crippen LogP contribution in [0, 0.1) is 0 Å². The molecular formula is C15H20N2O2. The summed E-state index contributed by atoms with van der Waals surface area (Å²) in [5.74, 6) is -0.108. The zero-order valence-corrected chi connectivity index (χ0v) is 11.0. The SMILES string of the molecule is NC1(C(=O)O)CCN(Cc2ccc(C3CC3)cc2)C1. The first kappa shape index (κ1) is 12.6. The lowest BCUT2D eigenvalue weighted by atomic mass is 10.0. The first-order chi connectivity index (χ1) is 9.07. The van der Waals surface area contributed by atoms with Crippen LogP contribution in [-0.4, -0.2) is 34.6 Å². The smallest absolute Gasteiger partial charge is 0.325 e. The van der Waals surface area contributed by atoms with Crippen LogP contribution >= 0.6 is 0 Å². The van der Waals surface area contributed by atoms with E-state index in [9.17, 15) is 4.79 Å². The van der Waals surface area contributed by atoms with Gasteiger partial charge in [-0.05, 0) is 36.3 Å². The van der Waals surface area contributed by atoms with Crippen LogP contribution < -0.4 is 5.73 Å². The second kappa shape index (κ2) is 4.62. The van der Waals surface area contributed by atoms with Crippen LogP contribution in [0.5, 0.6) is 0 Å². The van der Waals surface area contributed by atoms with E-state index in [0.29, 0.717) is 13.0 Å². The minimum atomic E-state index is -1.06. The van der Waals surface area contributed by atoms with Crippen LogP contribution in [0.1, 0.15) is 36.3 Å². The van der Waals surface area contributed by atoms with Crippen LogP contribution in [0.3, 0.4) is 0 Å². The molecule has 0 amide bonds. The quantitative estimate of drug-likeness (QED) is 0.862. The maximum absolute atomic E-state index is 11.1. The lowest BCUT2D eigenvalue weighted by Gasteiger charge is -2.20. The largest absolute Gasteiger partial charge is 0.480 e. The van der Waals surface area contributed by atoms with Gasteiger partial charge in [-0.1, -0.05) is 24.3 Å². The van der Waals surface area contributed by atoms with Crippen LogP contribution in [0.15, 0.2) is 24.3 Å². The Hall–Kier alpha value is -1.39. The molecule has 4 heteroatoms. The zero-order chi connectivity index (χ0) is 13.5. The summed E-state index contributed by atoms with van der Waals surface area (Å²) < 4.78 is 0. The van der Waals surface area contributed by atoms with Crippen LogP contribution in [0.25, 0.3) is 0 Å². The first-order valence-corrected chi connectivity index (χ1v) is 6.90. The van der Waals surface area contributed by atoms with E-state index in [0.717, 1.165) is 19.0 Å². The molecule has 1 saturated heterocycles. The molecule has 0 radical (unpaired) electrons. The summed E-state index contributed by atoms with van der Waals surface area (Å²) in [6, 6.07) is 8.72. The van der Waals surface area contributed by atoms with Gasteiger partial charge >= 0.3 is 5.97 Å². The van der Waals surface area contributed by atoms with Gasteiger partial charge in [0, 0.05) is 19.6 Å². The normalized spacial score (nSPS) is 27.6. The van der Waals surface area contributed by atoms with Crippen molar-refractivity contribution in [2.45, 2.75) is 37.3 Å². The molecule has 4 nitrogen and oxygen atoms in total. The predicted octanol–water partition coefficient (Wildman–Crippen LogP) is 1.55. The van der Waals surface area contributed by atoms with Gasteiger partial charge in [-0.25, -0.2) is 0 Å². The number of carboxylic acid groups (broad SMARTS) is 1. The summed E-state index contributed by atoms with van der Waals surface area (Å²) in [5.41, 5.74) is 7.48. The second-order valence-corrected chi connectivity index (χ2v) is 5.94. The van der Waals surface area contributed by atoms with Crippen LogP contribution in [-0.2, 0) is 11.3 Å². The Labute approximate surface area is 113 Å². The molecule has 0 spiro atoms. The fourth-order valence-electron chi connectivity index (χ4n) is 2.79. The molecule has 1 atom stereocenters. The number of likely N-dealkylation sites (tertiary alicyclic amines) is 1. The third kappa shape index (κ3) is 2.65. The van der Waals surface area contributed by atoms with Gasteiger partial charge in [0.15, 0.2) is 0 Å². The van der Waals surface area contributed by atoms with Gasteiger partial charge in [0.1, 0.15) is 5.54 Å². The number of carboxylic acids is 1. The van der Waals surface area contributed by atoms with Crippen molar-refractivity contribution >= 4 is 5.97 Å². The highest BCUT2D eigenvalue weighted by Crippen LogP contribution is 2.39. The molecule has 1 aliphatic carbocycles. The van der Waals surface area contributed by atoms with Crippen LogP contribution in [0.4, 0.5) is 0 Å². The number of hydrogen-bond acceptors (Lipinski definition) is 3. The van der Waals surface area contributed by atoms with Crippen molar-refractivity contribution in [3.05, 3.63) is 35.4 Å². The van der Waals surface area contributed by atoms with Gasteiger partial charge in [-0.15, -0.1) is 0 Å². The van der Waals surface area contributed by atoms with Crippen molar-refractivity contribution < 1.29 is 9.90 Å². The Balaban J connectivity index is 1.61. The zero-order valence-electron chi connectivity index (χ0n) is 11.0. The van der Waals surface area contributed by atoms with Gasteiger partial charge in [-0.3, -0.25) is 9.69 Å². The Morgan fingerprint density at radius 3 is 2.58 bits per heavy atom. The fraction of sp³-hybridized carbons (Fsp3) is 0.533. The van der Waals surface area contributed by atoms with Crippen molar-refractivity contribution in [3.63, 3.8) is 0 Å². The number of benzene rings is 1. The van der Waals surface area contributed by atoms with E-state index >= 15 is 0 Å². The standard InChI is InChI=1S/C15H20N2O2/c16-15(14(18)19)7-8-17(10-15)9-11-1-3-12(4-2-11)13-5-6-13/h1-4,13H,5-10,16H2,(H,18,19). The van der Waals surface area contributed by atoms with Crippen molar-refractivity contribution in [1.29, 1.82) is 0 Å². The van der Waals surface area contributed by atoms with Crippen molar-refractivity contribution in [1.82, 2.24) is 4.90 Å². The summed E-state index contributed by atoms with van der Waals surface area (Å²) in [5, 5.41) is 9.11. The maximum atomic E-state index is 11.1. The number of aliphatic carboxylic acids is 1. The molecule has 0 aromatic heterocycles. The molecule has 1 aromatic carbocycles. The van der Waals surface area contributed by atoms with Crippen molar-refractivity contribution in [2.75, 3.05) is 13.1 Å². The molecular weight excluding hydrogens is 240 g/mol.